The second kappa shape index (κ2) is 5.40. The third-order valence-electron chi connectivity index (χ3n) is 1.58. The van der Waals surface area contributed by atoms with E-state index in [9.17, 15) is 0 Å². The molecule has 0 saturated carbocycles. The molecule has 0 aliphatic heterocycles. The fourth-order valence-corrected chi connectivity index (χ4v) is 1.70. The van der Waals surface area contributed by atoms with Crippen molar-refractivity contribution in [2.24, 2.45) is 0 Å². The van der Waals surface area contributed by atoms with E-state index >= 15 is 0 Å². The average molecular weight is 220 g/mol. The van der Waals surface area contributed by atoms with Gasteiger partial charge in [-0.15, -0.1) is 11.6 Å². The molecule has 0 aromatic carbocycles. The molecule has 0 saturated heterocycles. The summed E-state index contributed by atoms with van der Waals surface area (Å²) in [5.74, 6) is 0.832. The zero-order chi connectivity index (χ0) is 9.68. The molecule has 1 atom stereocenters. The van der Waals surface area contributed by atoms with Gasteiger partial charge in [-0.2, -0.15) is 4.37 Å². The Labute approximate surface area is 87.7 Å². The van der Waals surface area contributed by atoms with Gasteiger partial charge >= 0.3 is 0 Å². The van der Waals surface area contributed by atoms with E-state index in [2.05, 4.69) is 14.7 Å². The first-order valence-electron chi connectivity index (χ1n) is 4.36. The van der Waals surface area contributed by atoms with E-state index < -0.39 is 0 Å². The summed E-state index contributed by atoms with van der Waals surface area (Å²) >= 11 is 7.21. The smallest absolute Gasteiger partial charge is 0.202 e. The Morgan fingerprint density at radius 3 is 2.92 bits per heavy atom. The highest BCUT2D eigenvalue weighted by molar-refractivity contribution is 7.09. The highest BCUT2D eigenvalue weighted by Gasteiger charge is 1.99. The van der Waals surface area contributed by atoms with Gasteiger partial charge in [-0.25, -0.2) is 4.98 Å². The molecular formula is C8H14ClN3S. The summed E-state index contributed by atoms with van der Waals surface area (Å²) in [6.07, 6.45) is 2.11. The van der Waals surface area contributed by atoms with Crippen LogP contribution in [0.25, 0.3) is 0 Å². The predicted octanol–water partition coefficient (Wildman–Crippen LogP) is 2.67. The number of aromatic nitrogens is 2. The van der Waals surface area contributed by atoms with Crippen molar-refractivity contribution in [2.75, 3.05) is 11.9 Å². The number of hydrogen-bond donors (Lipinski definition) is 1. The van der Waals surface area contributed by atoms with Crippen molar-refractivity contribution < 1.29 is 0 Å². The van der Waals surface area contributed by atoms with Crippen LogP contribution in [0.4, 0.5) is 5.13 Å². The number of halogens is 1. The van der Waals surface area contributed by atoms with Crippen molar-refractivity contribution in [3.8, 4) is 0 Å². The first-order valence-corrected chi connectivity index (χ1v) is 5.57. The van der Waals surface area contributed by atoms with Gasteiger partial charge in [0, 0.05) is 23.5 Å². The second-order valence-corrected chi connectivity index (χ2v) is 4.49. The molecule has 3 nitrogen and oxygen atoms in total. The van der Waals surface area contributed by atoms with E-state index in [1.54, 1.807) is 0 Å². The van der Waals surface area contributed by atoms with Crippen LogP contribution in [-0.4, -0.2) is 21.3 Å². The summed E-state index contributed by atoms with van der Waals surface area (Å²) in [6, 6.07) is 0. The SMILES string of the molecule is Cc1nsc(NCCCC(C)Cl)n1. The Kier molecular flexibility index (Phi) is 4.45. The standard InChI is InChI=1S/C8H14ClN3S/c1-6(9)4-3-5-10-8-11-7(2)12-13-8/h6H,3-5H2,1-2H3,(H,10,11,12). The fraction of sp³-hybridized carbons (Fsp3) is 0.750. The van der Waals surface area contributed by atoms with Crippen LogP contribution in [0.5, 0.6) is 0 Å². The van der Waals surface area contributed by atoms with Crippen molar-refractivity contribution >= 4 is 28.3 Å². The molecule has 1 aromatic rings. The quantitative estimate of drug-likeness (QED) is 0.611. The largest absolute Gasteiger partial charge is 0.360 e. The second-order valence-electron chi connectivity index (χ2n) is 3.00. The molecule has 1 aromatic heterocycles. The Morgan fingerprint density at radius 2 is 2.38 bits per heavy atom. The van der Waals surface area contributed by atoms with Crippen LogP contribution in [0.2, 0.25) is 0 Å². The van der Waals surface area contributed by atoms with Gasteiger partial charge in [-0.05, 0) is 26.7 Å². The molecule has 0 radical (unpaired) electrons. The van der Waals surface area contributed by atoms with Gasteiger partial charge in [0.15, 0.2) is 0 Å². The van der Waals surface area contributed by atoms with E-state index in [4.69, 9.17) is 11.6 Å². The van der Waals surface area contributed by atoms with Gasteiger partial charge in [0.05, 0.1) is 0 Å². The average Bonchev–Trinajstić information content (AvgIpc) is 2.45. The molecule has 1 heterocycles. The zero-order valence-electron chi connectivity index (χ0n) is 7.88. The fourth-order valence-electron chi connectivity index (χ4n) is 0.948. The van der Waals surface area contributed by atoms with Gasteiger partial charge in [-0.1, -0.05) is 0 Å². The summed E-state index contributed by atoms with van der Waals surface area (Å²) in [5, 5.41) is 4.37. The minimum Gasteiger partial charge on any atom is -0.360 e. The normalized spacial score (nSPS) is 12.8. The van der Waals surface area contributed by atoms with Gasteiger partial charge in [0.2, 0.25) is 5.13 Å². The van der Waals surface area contributed by atoms with Gasteiger partial charge in [0.25, 0.3) is 0 Å². The molecule has 0 aliphatic rings. The molecule has 0 bridgehead atoms. The minimum absolute atomic E-state index is 0.262. The van der Waals surface area contributed by atoms with Crippen molar-refractivity contribution in [3.63, 3.8) is 0 Å². The van der Waals surface area contributed by atoms with Crippen LogP contribution < -0.4 is 5.32 Å². The molecule has 0 spiro atoms. The van der Waals surface area contributed by atoms with Crippen LogP contribution >= 0.6 is 23.1 Å². The van der Waals surface area contributed by atoms with Crippen LogP contribution in [0.1, 0.15) is 25.6 Å². The molecule has 0 fully saturated rings. The number of aryl methyl sites for hydroxylation is 1. The molecular weight excluding hydrogens is 206 g/mol. The lowest BCUT2D eigenvalue weighted by Crippen LogP contribution is -2.03. The van der Waals surface area contributed by atoms with E-state index in [1.807, 2.05) is 13.8 Å². The molecule has 0 aliphatic carbocycles. The van der Waals surface area contributed by atoms with E-state index in [0.717, 1.165) is 30.3 Å². The highest BCUT2D eigenvalue weighted by atomic mass is 35.5. The third-order valence-corrected chi connectivity index (χ3v) is 2.56. The Balaban J connectivity index is 2.13. The number of anilines is 1. The minimum atomic E-state index is 0.262. The molecule has 1 rings (SSSR count). The third kappa shape index (κ3) is 4.43. The van der Waals surface area contributed by atoms with Crippen molar-refractivity contribution in [3.05, 3.63) is 5.82 Å². The van der Waals surface area contributed by atoms with E-state index in [1.165, 1.54) is 11.5 Å². The number of nitrogens with zero attached hydrogens (tertiary/aromatic N) is 2. The van der Waals surface area contributed by atoms with Gasteiger partial charge in [-0.3, -0.25) is 0 Å². The Bertz CT molecular complexity index is 249. The number of nitrogens with one attached hydrogen (secondary N) is 1. The molecule has 1 unspecified atom stereocenters. The van der Waals surface area contributed by atoms with Crippen molar-refractivity contribution in [1.29, 1.82) is 0 Å². The Morgan fingerprint density at radius 1 is 1.62 bits per heavy atom. The molecule has 74 valence electrons. The maximum atomic E-state index is 5.81. The molecule has 1 N–H and O–H groups in total. The number of rotatable bonds is 5. The lowest BCUT2D eigenvalue weighted by Gasteiger charge is -2.02. The van der Waals surface area contributed by atoms with E-state index in [0.29, 0.717) is 0 Å². The first-order chi connectivity index (χ1) is 6.18. The van der Waals surface area contributed by atoms with Gasteiger partial charge in [0.1, 0.15) is 5.82 Å². The summed E-state index contributed by atoms with van der Waals surface area (Å²) in [4.78, 5) is 4.19. The van der Waals surface area contributed by atoms with Crippen LogP contribution in [-0.2, 0) is 0 Å². The maximum Gasteiger partial charge on any atom is 0.202 e. The number of alkyl halides is 1. The molecule has 5 heteroatoms. The number of hydrogen-bond acceptors (Lipinski definition) is 4. The lowest BCUT2D eigenvalue weighted by atomic mass is 10.2. The molecule has 13 heavy (non-hydrogen) atoms. The summed E-state index contributed by atoms with van der Waals surface area (Å²) < 4.78 is 4.07. The lowest BCUT2D eigenvalue weighted by molar-refractivity contribution is 0.750. The van der Waals surface area contributed by atoms with Crippen molar-refractivity contribution in [2.45, 2.75) is 32.1 Å². The van der Waals surface area contributed by atoms with E-state index in [-0.39, 0.29) is 5.38 Å². The van der Waals surface area contributed by atoms with Crippen LogP contribution in [0, 0.1) is 6.92 Å². The first kappa shape index (κ1) is 10.7. The van der Waals surface area contributed by atoms with Crippen LogP contribution in [0.15, 0.2) is 0 Å². The summed E-state index contributed by atoms with van der Waals surface area (Å²) in [6.45, 7) is 4.82. The summed E-state index contributed by atoms with van der Waals surface area (Å²) in [7, 11) is 0. The van der Waals surface area contributed by atoms with Crippen molar-refractivity contribution in [1.82, 2.24) is 9.36 Å². The highest BCUT2D eigenvalue weighted by Crippen LogP contribution is 2.10. The summed E-state index contributed by atoms with van der Waals surface area (Å²) in [5.41, 5.74) is 0. The van der Waals surface area contributed by atoms with Gasteiger partial charge < -0.3 is 5.32 Å². The topological polar surface area (TPSA) is 37.8 Å². The Hall–Kier alpha value is -0.350. The zero-order valence-corrected chi connectivity index (χ0v) is 9.45. The predicted molar refractivity (Wildman–Crippen MR) is 57.7 cm³/mol. The monoisotopic (exact) mass is 219 g/mol. The van der Waals surface area contributed by atoms with Crippen LogP contribution in [0.3, 0.4) is 0 Å². The maximum absolute atomic E-state index is 5.81. The molecule has 0 amide bonds.